The molecule has 0 aliphatic heterocycles. The van der Waals surface area contributed by atoms with E-state index in [0.29, 0.717) is 0 Å². The van der Waals surface area contributed by atoms with Crippen LogP contribution in [0, 0.1) is 91.0 Å². The summed E-state index contributed by atoms with van der Waals surface area (Å²) in [5.41, 5.74) is -32.9. The molecule has 0 amide bonds. The van der Waals surface area contributed by atoms with Gasteiger partial charge in [-0.2, -0.15) is 0 Å². The van der Waals surface area contributed by atoms with E-state index in [1.54, 1.807) is 0 Å². The van der Waals surface area contributed by atoms with E-state index in [1.807, 2.05) is 0 Å². The Bertz CT molecular complexity index is 1070. The Morgan fingerprint density at radius 3 is 0.857 bits per heavy atom. The molecule has 1 aliphatic rings. The second kappa shape index (κ2) is 7.27. The molecule has 29 nitrogen and oxygen atoms in total. The number of nitrogens with zero attached hydrogens (tertiary/aromatic N) is 9. The molecule has 29 heteroatoms. The Labute approximate surface area is 181 Å². The zero-order valence-electron chi connectivity index (χ0n) is 15.3. The monoisotopic (exact) mass is 521 g/mol. The first kappa shape index (κ1) is 27.6. The quantitative estimate of drug-likeness (QED) is 0.163. The summed E-state index contributed by atoms with van der Waals surface area (Å²) >= 11 is 0. The summed E-state index contributed by atoms with van der Waals surface area (Å²) in [6, 6.07) is 0. The van der Waals surface area contributed by atoms with Crippen LogP contribution in [0.15, 0.2) is 0 Å². The van der Waals surface area contributed by atoms with E-state index in [1.165, 1.54) is 0 Å². The highest BCUT2D eigenvalue weighted by Gasteiger charge is 3.33. The summed E-state index contributed by atoms with van der Waals surface area (Å²) in [6.45, 7) is 0. The van der Waals surface area contributed by atoms with Crippen molar-refractivity contribution in [1.82, 2.24) is 0 Å². The summed E-state index contributed by atoms with van der Waals surface area (Å²) in [4.78, 5) is 76.2. The molecule has 192 valence electrons. The highest BCUT2D eigenvalue weighted by atomic mass is 16.8. The number of hydrogen-bond donors (Lipinski definition) is 2. The molecule has 0 saturated heterocycles. The third kappa shape index (κ3) is 2.15. The summed E-state index contributed by atoms with van der Waals surface area (Å²) in [5.74, 6) is 0. The van der Waals surface area contributed by atoms with Crippen molar-refractivity contribution in [2.45, 2.75) is 34.5 Å². The van der Waals surface area contributed by atoms with Crippen molar-refractivity contribution >= 4 is 0 Å². The van der Waals surface area contributed by atoms with Gasteiger partial charge in [0, 0.05) is 0 Å². The van der Waals surface area contributed by atoms with Crippen LogP contribution in [0.1, 0.15) is 0 Å². The van der Waals surface area contributed by atoms with Crippen LogP contribution in [0.2, 0.25) is 0 Å². The van der Waals surface area contributed by atoms with E-state index >= 15 is 0 Å². The normalized spacial score (nSPS) is 25.4. The van der Waals surface area contributed by atoms with Crippen molar-refractivity contribution in [2.75, 3.05) is 0 Å². The van der Waals surface area contributed by atoms with Gasteiger partial charge in [-0.25, -0.2) is 0 Å². The molecule has 0 aromatic rings. The molecule has 1 rings (SSSR count). The summed E-state index contributed by atoms with van der Waals surface area (Å²) in [5, 5.41) is 126. The maximum absolute atomic E-state index is 11.8. The summed E-state index contributed by atoms with van der Waals surface area (Å²) in [7, 11) is 0. The Morgan fingerprint density at radius 2 is 0.686 bits per heavy atom. The average Bonchev–Trinajstić information content (AvgIpc) is 2.66. The van der Waals surface area contributed by atoms with Gasteiger partial charge < -0.3 is 10.2 Å². The predicted octanol–water partition coefficient (Wildman–Crippen LogP) is -4.67. The smallest absolute Gasteiger partial charge is 0.370 e. The zero-order chi connectivity index (χ0) is 28.3. The topological polar surface area (TPSA) is 429 Å². The van der Waals surface area contributed by atoms with Crippen molar-refractivity contribution in [3.63, 3.8) is 0 Å². The van der Waals surface area contributed by atoms with Gasteiger partial charge in [0.25, 0.3) is 0 Å². The van der Waals surface area contributed by atoms with Crippen molar-refractivity contribution in [3.05, 3.63) is 91.0 Å². The molecule has 1 saturated carbocycles. The third-order valence-electron chi connectivity index (χ3n) is 5.18. The van der Waals surface area contributed by atoms with Gasteiger partial charge >= 0.3 is 34.5 Å². The van der Waals surface area contributed by atoms with Gasteiger partial charge in [0.15, 0.2) is 0 Å². The Kier molecular flexibility index (Phi) is 5.72. The number of nitro groups is 9. The van der Waals surface area contributed by atoms with Crippen molar-refractivity contribution in [1.29, 1.82) is 0 Å². The highest BCUT2D eigenvalue weighted by molar-refractivity contribution is 5.19. The van der Waals surface area contributed by atoms with Gasteiger partial charge in [0.1, 0.15) is 39.4 Å². The molecule has 0 aromatic heterocycles. The Morgan fingerprint density at radius 1 is 0.429 bits per heavy atom. The maximum atomic E-state index is 11.8. The standard InChI is InChI=1S/C6H3N9O20/c16-1-2(7(18)19,8(20)21)4(10(24)25,11(26)27)6(14(32)33,15(34)35)5(12(28)29,13(30)31)3(1,17)9(22)23/h1,16-17H. The van der Waals surface area contributed by atoms with E-state index in [2.05, 4.69) is 0 Å². The van der Waals surface area contributed by atoms with E-state index < -0.39 is 78.8 Å². The molecule has 2 atom stereocenters. The molecule has 0 spiro atoms. The first-order valence-corrected chi connectivity index (χ1v) is 7.36. The lowest BCUT2D eigenvalue weighted by atomic mass is 9.59. The molecule has 0 heterocycles. The molecule has 35 heavy (non-hydrogen) atoms. The first-order chi connectivity index (χ1) is 15.6. The molecule has 2 N–H and O–H groups in total. The van der Waals surface area contributed by atoms with E-state index in [4.69, 9.17) is 0 Å². The Balaban J connectivity index is 5.26. The van der Waals surface area contributed by atoms with Gasteiger partial charge in [-0.15, -0.1) is 0 Å². The number of aliphatic hydroxyl groups excluding tert-OH is 1. The van der Waals surface area contributed by atoms with Crippen LogP contribution < -0.4 is 0 Å². The number of hydrogen-bond acceptors (Lipinski definition) is 20. The van der Waals surface area contributed by atoms with Gasteiger partial charge in [-0.05, 0) is 0 Å². The molecule has 1 fully saturated rings. The van der Waals surface area contributed by atoms with Gasteiger partial charge in [0.2, 0.25) is 0 Å². The van der Waals surface area contributed by atoms with Crippen molar-refractivity contribution < 1.29 is 54.5 Å². The SMILES string of the molecule is O=[N+]([O-])C1(O)C(O)C([N+](=O)[O-])([N+](=O)[O-])C([N+](=O)[O-])([N+](=O)[O-])C([N+](=O)[O-])([N+](=O)[O-])C1([N+](=O)[O-])[N+](=O)[O-]. The number of rotatable bonds is 9. The molecule has 0 radical (unpaired) electrons. The Hall–Kier alpha value is -5.48. The van der Waals surface area contributed by atoms with Gasteiger partial charge in [0.05, 0.1) is 4.92 Å². The highest BCUT2D eigenvalue weighted by Crippen LogP contribution is 2.59. The second-order valence-electron chi connectivity index (χ2n) is 6.19. The minimum Gasteiger partial charge on any atom is -0.370 e. The molecule has 1 aliphatic carbocycles. The fourth-order valence-corrected chi connectivity index (χ4v) is 3.92. The van der Waals surface area contributed by atoms with Crippen molar-refractivity contribution in [3.8, 4) is 0 Å². The van der Waals surface area contributed by atoms with Gasteiger partial charge in [-0.3, -0.25) is 91.0 Å². The van der Waals surface area contributed by atoms with Crippen LogP contribution in [0.4, 0.5) is 0 Å². The largest absolute Gasteiger partial charge is 0.761 e. The lowest BCUT2D eigenvalue weighted by Crippen LogP contribution is -3.03. The van der Waals surface area contributed by atoms with Gasteiger partial charge in [-0.1, -0.05) is 0 Å². The zero-order valence-corrected chi connectivity index (χ0v) is 15.3. The molecule has 2 unspecified atom stereocenters. The second-order valence-corrected chi connectivity index (χ2v) is 6.19. The van der Waals surface area contributed by atoms with Crippen LogP contribution >= 0.6 is 0 Å². The lowest BCUT2D eigenvalue weighted by molar-refractivity contribution is -1.08. The first-order valence-electron chi connectivity index (χ1n) is 7.36. The molecular formula is C6H3N9O20. The number of aliphatic hydroxyl groups is 2. The van der Waals surface area contributed by atoms with E-state index in [0.717, 1.165) is 0 Å². The van der Waals surface area contributed by atoms with E-state index in [-0.39, 0.29) is 0 Å². The average molecular weight is 521 g/mol. The maximum Gasteiger partial charge on any atom is 0.761 e. The van der Waals surface area contributed by atoms with E-state index in [9.17, 15) is 101 Å². The minimum absolute atomic E-state index is 3.05. The summed E-state index contributed by atoms with van der Waals surface area (Å²) in [6.07, 6.45) is -5.30. The van der Waals surface area contributed by atoms with Crippen LogP contribution in [0.3, 0.4) is 0 Å². The van der Waals surface area contributed by atoms with Crippen LogP contribution in [0.25, 0.3) is 0 Å². The fourth-order valence-electron chi connectivity index (χ4n) is 3.92. The molecular weight excluding hydrogens is 518 g/mol. The third-order valence-corrected chi connectivity index (χ3v) is 5.18. The molecule has 0 bridgehead atoms. The van der Waals surface area contributed by atoms with Crippen LogP contribution in [-0.2, 0) is 0 Å². The minimum atomic E-state index is -6.90. The molecule has 0 aromatic carbocycles. The lowest BCUT2D eigenvalue weighted by Gasteiger charge is -2.38. The fraction of sp³-hybridized carbons (Fsp3) is 1.00. The van der Waals surface area contributed by atoms with Crippen LogP contribution in [0.5, 0.6) is 0 Å². The summed E-state index contributed by atoms with van der Waals surface area (Å²) < 4.78 is 0. The predicted molar refractivity (Wildman–Crippen MR) is 84.8 cm³/mol. The van der Waals surface area contributed by atoms with Crippen molar-refractivity contribution in [2.24, 2.45) is 0 Å². The van der Waals surface area contributed by atoms with Crippen LogP contribution in [-0.4, -0.2) is 89.0 Å².